The van der Waals surface area contributed by atoms with Crippen molar-refractivity contribution >= 4 is 5.91 Å². The molecule has 1 unspecified atom stereocenters. The Morgan fingerprint density at radius 2 is 2.42 bits per heavy atom. The van der Waals surface area contributed by atoms with Gasteiger partial charge in [0.05, 0.1) is 12.6 Å². The second-order valence-corrected chi connectivity index (χ2v) is 2.85. The van der Waals surface area contributed by atoms with Crippen LogP contribution in [0.3, 0.4) is 0 Å². The van der Waals surface area contributed by atoms with Crippen molar-refractivity contribution in [1.29, 1.82) is 0 Å². The molecule has 0 radical (unpaired) electrons. The molecule has 0 aromatic rings. The fourth-order valence-corrected chi connectivity index (χ4v) is 1.56. The van der Waals surface area contributed by atoms with Crippen molar-refractivity contribution in [3.05, 3.63) is 4.91 Å². The summed E-state index contributed by atoms with van der Waals surface area (Å²) in [6.45, 7) is 1.24. The second kappa shape index (κ2) is 4.27. The molecule has 1 N–H and O–H groups in total. The highest BCUT2D eigenvalue weighted by Gasteiger charge is 2.30. The zero-order valence-corrected chi connectivity index (χ0v) is 6.77. The van der Waals surface area contributed by atoms with Gasteiger partial charge in [0, 0.05) is 11.7 Å². The van der Waals surface area contributed by atoms with Crippen molar-refractivity contribution in [2.24, 2.45) is 5.18 Å². The second-order valence-electron chi connectivity index (χ2n) is 2.85. The molecule has 1 heterocycles. The van der Waals surface area contributed by atoms with E-state index in [2.05, 4.69) is 5.18 Å². The molecule has 1 amide bonds. The van der Waals surface area contributed by atoms with Gasteiger partial charge in [-0.3, -0.25) is 9.69 Å². The van der Waals surface area contributed by atoms with E-state index in [4.69, 9.17) is 5.11 Å². The Hall–Kier alpha value is -0.810. The molecule has 0 aromatic heterocycles. The molecule has 1 saturated heterocycles. The standard InChI is InChI=1S/C7H12N2O3/c10-5-4-9-3-1-2-6(9)7(11)8-12/h6,10H,1-5H2. The van der Waals surface area contributed by atoms with Crippen molar-refractivity contribution in [2.75, 3.05) is 19.7 Å². The van der Waals surface area contributed by atoms with E-state index in [1.54, 1.807) is 4.90 Å². The third-order valence-electron chi connectivity index (χ3n) is 2.13. The molecule has 5 nitrogen and oxygen atoms in total. The lowest BCUT2D eigenvalue weighted by molar-refractivity contribution is -0.122. The van der Waals surface area contributed by atoms with Gasteiger partial charge >= 0.3 is 5.91 Å². The Morgan fingerprint density at radius 3 is 3.00 bits per heavy atom. The lowest BCUT2D eigenvalue weighted by atomic mass is 10.2. The molecule has 68 valence electrons. The average molecular weight is 172 g/mol. The van der Waals surface area contributed by atoms with Crippen LogP contribution >= 0.6 is 0 Å². The van der Waals surface area contributed by atoms with Crippen molar-refractivity contribution in [3.8, 4) is 0 Å². The summed E-state index contributed by atoms with van der Waals surface area (Å²) in [5, 5.41) is 11.0. The molecule has 1 atom stereocenters. The van der Waals surface area contributed by atoms with Crippen LogP contribution < -0.4 is 0 Å². The summed E-state index contributed by atoms with van der Waals surface area (Å²) in [4.78, 5) is 22.6. The van der Waals surface area contributed by atoms with E-state index in [1.807, 2.05) is 0 Å². The lowest BCUT2D eigenvalue weighted by Crippen LogP contribution is -2.36. The van der Waals surface area contributed by atoms with E-state index in [0.717, 1.165) is 13.0 Å². The van der Waals surface area contributed by atoms with Gasteiger partial charge in [0.15, 0.2) is 0 Å². The van der Waals surface area contributed by atoms with E-state index in [-0.39, 0.29) is 12.6 Å². The van der Waals surface area contributed by atoms with Crippen molar-refractivity contribution < 1.29 is 9.90 Å². The normalized spacial score (nSPS) is 24.2. The maximum absolute atomic E-state index is 10.9. The van der Waals surface area contributed by atoms with Gasteiger partial charge in [-0.25, -0.2) is 0 Å². The van der Waals surface area contributed by atoms with Gasteiger partial charge in [-0.15, -0.1) is 4.91 Å². The van der Waals surface area contributed by atoms with Gasteiger partial charge in [-0.2, -0.15) is 0 Å². The van der Waals surface area contributed by atoms with Gasteiger partial charge < -0.3 is 5.11 Å². The summed E-state index contributed by atoms with van der Waals surface area (Å²) in [5.41, 5.74) is 0. The Morgan fingerprint density at radius 1 is 1.67 bits per heavy atom. The molecule has 1 aliphatic heterocycles. The van der Waals surface area contributed by atoms with Crippen molar-refractivity contribution in [1.82, 2.24) is 4.90 Å². The van der Waals surface area contributed by atoms with Crippen LogP contribution in [0.2, 0.25) is 0 Å². The van der Waals surface area contributed by atoms with Crippen LogP contribution in [0.1, 0.15) is 12.8 Å². The summed E-state index contributed by atoms with van der Waals surface area (Å²) < 4.78 is 0. The number of nitroso groups, excluding NO2 is 1. The molecule has 0 spiro atoms. The smallest absolute Gasteiger partial charge is 0.303 e. The van der Waals surface area contributed by atoms with E-state index < -0.39 is 5.91 Å². The molecule has 5 heteroatoms. The van der Waals surface area contributed by atoms with Crippen LogP contribution in [0.4, 0.5) is 0 Å². The summed E-state index contributed by atoms with van der Waals surface area (Å²) in [6.07, 6.45) is 1.58. The Bertz CT molecular complexity index is 183. The number of rotatable bonds is 3. The van der Waals surface area contributed by atoms with E-state index in [9.17, 15) is 9.70 Å². The number of amides is 1. The minimum atomic E-state index is -0.610. The summed E-state index contributed by atoms with van der Waals surface area (Å²) in [7, 11) is 0. The highest BCUT2D eigenvalue weighted by Crippen LogP contribution is 2.17. The first-order valence-electron chi connectivity index (χ1n) is 4.01. The topological polar surface area (TPSA) is 70.0 Å². The predicted octanol–water partition coefficient (Wildman–Crippen LogP) is -0.264. The molecular weight excluding hydrogens is 160 g/mol. The highest BCUT2D eigenvalue weighted by atomic mass is 16.3. The maximum Gasteiger partial charge on any atom is 0.303 e. The van der Waals surface area contributed by atoms with Crippen LogP contribution in [0.5, 0.6) is 0 Å². The minimum absolute atomic E-state index is 0.0165. The number of nitrogens with zero attached hydrogens (tertiary/aromatic N) is 2. The maximum atomic E-state index is 10.9. The highest BCUT2D eigenvalue weighted by molar-refractivity contribution is 5.82. The lowest BCUT2D eigenvalue weighted by Gasteiger charge is -2.18. The quantitative estimate of drug-likeness (QED) is 0.595. The van der Waals surface area contributed by atoms with Crippen molar-refractivity contribution in [3.63, 3.8) is 0 Å². The van der Waals surface area contributed by atoms with E-state index in [0.29, 0.717) is 13.0 Å². The molecule has 12 heavy (non-hydrogen) atoms. The van der Waals surface area contributed by atoms with Crippen molar-refractivity contribution in [2.45, 2.75) is 18.9 Å². The van der Waals surface area contributed by atoms with Gasteiger partial charge in [-0.1, -0.05) is 0 Å². The van der Waals surface area contributed by atoms with Gasteiger partial charge in [0.25, 0.3) is 0 Å². The van der Waals surface area contributed by atoms with Crippen LogP contribution in [-0.2, 0) is 4.79 Å². The third-order valence-corrected chi connectivity index (χ3v) is 2.13. The monoisotopic (exact) mass is 172 g/mol. The molecular formula is C7H12N2O3. The van der Waals surface area contributed by atoms with Crippen LogP contribution in [0.15, 0.2) is 5.18 Å². The van der Waals surface area contributed by atoms with E-state index >= 15 is 0 Å². The number of hydrogen-bond acceptors (Lipinski definition) is 4. The first-order chi connectivity index (χ1) is 5.79. The van der Waals surface area contributed by atoms with Crippen LogP contribution in [-0.4, -0.2) is 41.7 Å². The van der Waals surface area contributed by atoms with Crippen LogP contribution in [0.25, 0.3) is 0 Å². The SMILES string of the molecule is O=NC(=O)C1CCCN1CCO. The number of hydrogen-bond donors (Lipinski definition) is 1. The first-order valence-corrected chi connectivity index (χ1v) is 4.01. The summed E-state index contributed by atoms with van der Waals surface area (Å²) in [5.74, 6) is -0.610. The number of carbonyl (C=O) groups excluding carboxylic acids is 1. The molecule has 0 saturated carbocycles. The summed E-state index contributed by atoms with van der Waals surface area (Å²) >= 11 is 0. The number of likely N-dealkylation sites (tertiary alicyclic amines) is 1. The third kappa shape index (κ3) is 1.86. The van der Waals surface area contributed by atoms with Gasteiger partial charge in [0.1, 0.15) is 0 Å². The fourth-order valence-electron chi connectivity index (χ4n) is 1.56. The molecule has 0 aliphatic carbocycles. The van der Waals surface area contributed by atoms with Crippen LogP contribution in [0, 0.1) is 4.91 Å². The number of aliphatic hydroxyl groups is 1. The van der Waals surface area contributed by atoms with Gasteiger partial charge in [0.2, 0.25) is 0 Å². The number of aliphatic hydroxyl groups excluding tert-OH is 1. The summed E-state index contributed by atoms with van der Waals surface area (Å²) in [6, 6.07) is -0.380. The molecule has 0 bridgehead atoms. The minimum Gasteiger partial charge on any atom is -0.395 e. The first kappa shape index (κ1) is 9.28. The number of carbonyl (C=O) groups is 1. The van der Waals surface area contributed by atoms with E-state index in [1.165, 1.54) is 0 Å². The Balaban J connectivity index is 2.51. The largest absolute Gasteiger partial charge is 0.395 e. The zero-order chi connectivity index (χ0) is 8.97. The predicted molar refractivity (Wildman–Crippen MR) is 42.5 cm³/mol. The Labute approximate surface area is 70.3 Å². The van der Waals surface area contributed by atoms with Gasteiger partial charge in [-0.05, 0) is 19.4 Å². The molecule has 1 aliphatic rings. The number of β-amino-alcohol motifs (C(OH)–C–C–N with tert-alkyl or cyclic N) is 1. The Kier molecular flexibility index (Phi) is 3.31. The molecule has 0 aromatic carbocycles. The zero-order valence-electron chi connectivity index (χ0n) is 6.77. The molecule has 1 rings (SSSR count). The molecule has 1 fully saturated rings. The fraction of sp³-hybridized carbons (Fsp3) is 0.857. The average Bonchev–Trinajstić information content (AvgIpc) is 2.52.